The Morgan fingerprint density at radius 3 is 2.88 bits per heavy atom. The fraction of sp³-hybridized carbons (Fsp3) is 0.111. The van der Waals surface area contributed by atoms with Crippen molar-refractivity contribution < 1.29 is 4.74 Å². The molecule has 6 nitrogen and oxygen atoms in total. The molecule has 0 radical (unpaired) electrons. The average Bonchev–Trinajstić information content (AvgIpc) is 3.05. The first-order chi connectivity index (χ1) is 12.3. The highest BCUT2D eigenvalue weighted by Gasteiger charge is 2.18. The lowest BCUT2D eigenvalue weighted by atomic mass is 10.2. The summed E-state index contributed by atoms with van der Waals surface area (Å²) in [7, 11) is 1.62. The van der Waals surface area contributed by atoms with Crippen molar-refractivity contribution in [2.75, 3.05) is 7.11 Å². The maximum atomic E-state index is 9.24. The first-order valence-corrected chi connectivity index (χ1v) is 8.30. The van der Waals surface area contributed by atoms with Gasteiger partial charge in [-0.25, -0.2) is 4.98 Å². The van der Waals surface area contributed by atoms with Gasteiger partial charge in [-0.15, -0.1) is 16.8 Å². The zero-order chi connectivity index (χ0) is 17.6. The molecule has 0 amide bonds. The van der Waals surface area contributed by atoms with Gasteiger partial charge in [0.05, 0.1) is 18.2 Å². The molecule has 0 bridgehead atoms. The Morgan fingerprint density at radius 2 is 2.12 bits per heavy atom. The van der Waals surface area contributed by atoms with E-state index in [4.69, 9.17) is 4.74 Å². The molecule has 25 heavy (non-hydrogen) atoms. The van der Waals surface area contributed by atoms with Gasteiger partial charge >= 0.3 is 0 Å². The number of nitrogens with zero attached hydrogens (tertiary/aromatic N) is 5. The number of para-hydroxylation sites is 1. The van der Waals surface area contributed by atoms with Crippen molar-refractivity contribution in [3.05, 3.63) is 60.8 Å². The molecular formula is C18H15N5OS. The summed E-state index contributed by atoms with van der Waals surface area (Å²) in [4.78, 5) is 4.27. The lowest BCUT2D eigenvalue weighted by Crippen LogP contribution is -2.02. The van der Waals surface area contributed by atoms with Gasteiger partial charge in [-0.05, 0) is 36.0 Å². The standard InChI is InChI=1S/C18H15N5OS/c1-3-11-23-16(14-8-4-5-9-15(14)24-2)21-22-18(23)25-17-13(12-19)7-6-10-20-17/h3-10H,1,11H2,2H3. The predicted octanol–water partition coefficient (Wildman–Crippen LogP) is 3.56. The van der Waals surface area contributed by atoms with Crippen LogP contribution >= 0.6 is 11.8 Å². The Labute approximate surface area is 149 Å². The second-order valence-electron chi connectivity index (χ2n) is 4.98. The second kappa shape index (κ2) is 7.64. The van der Waals surface area contributed by atoms with Crippen LogP contribution in [0.1, 0.15) is 5.56 Å². The third-order valence-corrected chi connectivity index (χ3v) is 4.46. The fourth-order valence-corrected chi connectivity index (χ4v) is 3.19. The van der Waals surface area contributed by atoms with E-state index in [1.54, 1.807) is 31.5 Å². The second-order valence-corrected chi connectivity index (χ2v) is 5.93. The van der Waals surface area contributed by atoms with E-state index in [0.717, 1.165) is 5.56 Å². The first-order valence-electron chi connectivity index (χ1n) is 7.49. The van der Waals surface area contributed by atoms with Crippen molar-refractivity contribution in [2.24, 2.45) is 0 Å². The Bertz CT molecular complexity index is 945. The van der Waals surface area contributed by atoms with Crippen LogP contribution in [0, 0.1) is 11.3 Å². The summed E-state index contributed by atoms with van der Waals surface area (Å²) in [5.74, 6) is 1.39. The van der Waals surface area contributed by atoms with Gasteiger partial charge in [0.25, 0.3) is 0 Å². The minimum Gasteiger partial charge on any atom is -0.496 e. The van der Waals surface area contributed by atoms with Crippen molar-refractivity contribution in [3.8, 4) is 23.2 Å². The monoisotopic (exact) mass is 349 g/mol. The van der Waals surface area contributed by atoms with Gasteiger partial charge in [0, 0.05) is 12.7 Å². The number of aromatic nitrogens is 4. The molecule has 7 heteroatoms. The number of allylic oxidation sites excluding steroid dienone is 1. The molecule has 3 rings (SSSR count). The third kappa shape index (κ3) is 3.39. The molecule has 0 aliphatic rings. The average molecular weight is 349 g/mol. The van der Waals surface area contributed by atoms with Gasteiger partial charge in [-0.3, -0.25) is 4.57 Å². The van der Waals surface area contributed by atoms with E-state index in [1.165, 1.54) is 11.8 Å². The number of methoxy groups -OCH3 is 1. The Balaban J connectivity index is 2.06. The van der Waals surface area contributed by atoms with Gasteiger partial charge in [-0.2, -0.15) is 5.26 Å². The highest BCUT2D eigenvalue weighted by atomic mass is 32.2. The van der Waals surface area contributed by atoms with E-state index in [1.807, 2.05) is 28.8 Å². The normalized spacial score (nSPS) is 10.2. The highest BCUT2D eigenvalue weighted by molar-refractivity contribution is 7.99. The number of ether oxygens (including phenoxy) is 1. The topological polar surface area (TPSA) is 76.6 Å². The smallest absolute Gasteiger partial charge is 0.198 e. The molecule has 0 aliphatic heterocycles. The van der Waals surface area contributed by atoms with Crippen LogP contribution < -0.4 is 4.74 Å². The summed E-state index contributed by atoms with van der Waals surface area (Å²) in [5, 5.41) is 19.1. The molecule has 0 atom stereocenters. The molecule has 0 unspecified atom stereocenters. The van der Waals surface area contributed by atoms with Crippen LogP contribution in [-0.2, 0) is 6.54 Å². The molecule has 2 aromatic heterocycles. The van der Waals surface area contributed by atoms with Gasteiger partial charge in [0.2, 0.25) is 0 Å². The molecule has 0 spiro atoms. The zero-order valence-electron chi connectivity index (χ0n) is 13.6. The number of hydrogen-bond acceptors (Lipinski definition) is 6. The Hall–Kier alpha value is -3.11. The van der Waals surface area contributed by atoms with Crippen LogP contribution in [0.2, 0.25) is 0 Å². The SMILES string of the molecule is C=CCn1c(Sc2ncccc2C#N)nnc1-c1ccccc1OC. The third-order valence-electron chi connectivity index (χ3n) is 3.46. The zero-order valence-corrected chi connectivity index (χ0v) is 14.4. The van der Waals surface area contributed by atoms with E-state index in [0.29, 0.717) is 33.9 Å². The maximum absolute atomic E-state index is 9.24. The van der Waals surface area contributed by atoms with Crippen LogP contribution in [0.15, 0.2) is 65.4 Å². The summed E-state index contributed by atoms with van der Waals surface area (Å²) in [6, 6.07) is 13.2. The van der Waals surface area contributed by atoms with E-state index in [9.17, 15) is 5.26 Å². The molecule has 0 fully saturated rings. The minimum atomic E-state index is 0.500. The van der Waals surface area contributed by atoms with Crippen molar-refractivity contribution in [3.63, 3.8) is 0 Å². The molecule has 0 aliphatic carbocycles. The summed E-state index contributed by atoms with van der Waals surface area (Å²) >= 11 is 1.30. The van der Waals surface area contributed by atoms with Gasteiger partial charge in [-0.1, -0.05) is 18.2 Å². The fourth-order valence-electron chi connectivity index (χ4n) is 2.33. The van der Waals surface area contributed by atoms with E-state index < -0.39 is 0 Å². The number of benzene rings is 1. The largest absolute Gasteiger partial charge is 0.496 e. The van der Waals surface area contributed by atoms with Crippen LogP contribution in [-0.4, -0.2) is 26.9 Å². The molecule has 0 saturated carbocycles. The minimum absolute atomic E-state index is 0.500. The Kier molecular flexibility index (Phi) is 5.11. The summed E-state index contributed by atoms with van der Waals surface area (Å²) in [6.45, 7) is 4.34. The van der Waals surface area contributed by atoms with Crippen LogP contribution in [0.5, 0.6) is 5.75 Å². The number of rotatable bonds is 6. The summed E-state index contributed by atoms with van der Waals surface area (Å²) in [5.41, 5.74) is 1.34. The maximum Gasteiger partial charge on any atom is 0.198 e. The summed E-state index contributed by atoms with van der Waals surface area (Å²) < 4.78 is 7.35. The molecule has 2 heterocycles. The lowest BCUT2D eigenvalue weighted by Gasteiger charge is -2.10. The first kappa shape index (κ1) is 16.7. The van der Waals surface area contributed by atoms with Crippen molar-refractivity contribution >= 4 is 11.8 Å². The number of nitriles is 1. The van der Waals surface area contributed by atoms with Crippen molar-refractivity contribution in [1.29, 1.82) is 5.26 Å². The van der Waals surface area contributed by atoms with Gasteiger partial charge < -0.3 is 4.74 Å². The van der Waals surface area contributed by atoms with Crippen LogP contribution in [0.25, 0.3) is 11.4 Å². The Morgan fingerprint density at radius 1 is 1.28 bits per heavy atom. The number of hydrogen-bond donors (Lipinski definition) is 0. The molecule has 0 N–H and O–H groups in total. The van der Waals surface area contributed by atoms with Crippen LogP contribution in [0.3, 0.4) is 0 Å². The predicted molar refractivity (Wildman–Crippen MR) is 95.3 cm³/mol. The van der Waals surface area contributed by atoms with Gasteiger partial charge in [0.15, 0.2) is 11.0 Å². The van der Waals surface area contributed by atoms with Gasteiger partial charge in [0.1, 0.15) is 16.8 Å². The molecule has 124 valence electrons. The van der Waals surface area contributed by atoms with E-state index in [-0.39, 0.29) is 0 Å². The van der Waals surface area contributed by atoms with E-state index >= 15 is 0 Å². The quantitative estimate of drug-likeness (QED) is 0.633. The number of pyridine rings is 1. The lowest BCUT2D eigenvalue weighted by molar-refractivity contribution is 0.416. The summed E-state index contributed by atoms with van der Waals surface area (Å²) in [6.07, 6.45) is 3.43. The molecule has 1 aromatic carbocycles. The molecule has 3 aromatic rings. The van der Waals surface area contributed by atoms with Crippen molar-refractivity contribution in [2.45, 2.75) is 16.7 Å². The highest BCUT2D eigenvalue weighted by Crippen LogP contribution is 2.33. The van der Waals surface area contributed by atoms with E-state index in [2.05, 4.69) is 27.8 Å². The molecular weight excluding hydrogens is 334 g/mol. The van der Waals surface area contributed by atoms with Crippen molar-refractivity contribution in [1.82, 2.24) is 19.7 Å². The van der Waals surface area contributed by atoms with Crippen LogP contribution in [0.4, 0.5) is 0 Å². The molecule has 0 saturated heterocycles.